The van der Waals surface area contributed by atoms with Crippen LogP contribution in [-0.4, -0.2) is 17.6 Å². The Kier molecular flexibility index (Phi) is 4.39. The molecule has 1 aliphatic heterocycles. The summed E-state index contributed by atoms with van der Waals surface area (Å²) < 4.78 is 11.6. The van der Waals surface area contributed by atoms with E-state index in [1.807, 2.05) is 24.3 Å². The lowest BCUT2D eigenvalue weighted by Gasteiger charge is -2.22. The van der Waals surface area contributed by atoms with Crippen molar-refractivity contribution < 1.29 is 9.47 Å². The van der Waals surface area contributed by atoms with Gasteiger partial charge in [0.15, 0.2) is 0 Å². The van der Waals surface area contributed by atoms with Crippen molar-refractivity contribution in [3.05, 3.63) is 36.0 Å². The maximum absolute atomic E-state index is 6.06. The van der Waals surface area contributed by atoms with E-state index >= 15 is 0 Å². The van der Waals surface area contributed by atoms with Crippen LogP contribution in [0.4, 0.5) is 5.82 Å². The number of hydrogen-bond donors (Lipinski definition) is 2. The molecular formula is C18H23N3O2. The molecule has 1 unspecified atom stereocenters. The van der Waals surface area contributed by atoms with Crippen LogP contribution in [0.25, 0.3) is 11.1 Å². The van der Waals surface area contributed by atoms with E-state index in [1.54, 1.807) is 6.20 Å². The maximum Gasteiger partial charge on any atom is 0.131 e. The third-order valence-electron chi connectivity index (χ3n) is 3.87. The van der Waals surface area contributed by atoms with E-state index in [1.165, 1.54) is 0 Å². The Morgan fingerprint density at radius 1 is 1.26 bits per heavy atom. The van der Waals surface area contributed by atoms with E-state index in [9.17, 15) is 0 Å². The summed E-state index contributed by atoms with van der Waals surface area (Å²) in [6, 6.07) is 7.78. The minimum Gasteiger partial charge on any atom is -0.492 e. The van der Waals surface area contributed by atoms with Crippen LogP contribution in [0, 0.1) is 5.92 Å². The number of hydrogen-bond acceptors (Lipinski definition) is 5. The number of pyridine rings is 1. The van der Waals surface area contributed by atoms with Crippen molar-refractivity contribution in [2.45, 2.75) is 32.9 Å². The summed E-state index contributed by atoms with van der Waals surface area (Å²) in [6.07, 6.45) is 2.71. The molecule has 122 valence electrons. The first-order valence-electron chi connectivity index (χ1n) is 7.93. The van der Waals surface area contributed by atoms with Gasteiger partial charge in [0.2, 0.25) is 0 Å². The number of aromatic nitrogens is 1. The molecule has 0 aliphatic carbocycles. The highest BCUT2D eigenvalue weighted by atomic mass is 16.5. The lowest BCUT2D eigenvalue weighted by Crippen LogP contribution is -2.29. The Bertz CT molecular complexity index is 701. The molecule has 2 heterocycles. The molecule has 3 rings (SSSR count). The third-order valence-corrected chi connectivity index (χ3v) is 3.87. The molecule has 0 radical (unpaired) electrons. The van der Waals surface area contributed by atoms with Gasteiger partial charge in [-0.15, -0.1) is 0 Å². The number of ether oxygens (including phenoxy) is 2. The molecule has 2 aromatic rings. The number of nitrogens with two attached hydrogens (primary N) is 2. The second kappa shape index (κ2) is 6.46. The van der Waals surface area contributed by atoms with E-state index in [0.29, 0.717) is 24.9 Å². The zero-order valence-electron chi connectivity index (χ0n) is 13.6. The van der Waals surface area contributed by atoms with Gasteiger partial charge in [0.25, 0.3) is 0 Å². The quantitative estimate of drug-likeness (QED) is 0.886. The van der Waals surface area contributed by atoms with E-state index in [4.69, 9.17) is 20.9 Å². The normalized spacial score (nSPS) is 13.9. The predicted octanol–water partition coefficient (Wildman–Crippen LogP) is 2.98. The van der Waals surface area contributed by atoms with E-state index in [-0.39, 0.29) is 6.04 Å². The van der Waals surface area contributed by atoms with Crippen molar-refractivity contribution in [3.63, 3.8) is 0 Å². The largest absolute Gasteiger partial charge is 0.492 e. The summed E-state index contributed by atoms with van der Waals surface area (Å²) in [6.45, 7) is 5.31. The maximum atomic E-state index is 6.06. The van der Waals surface area contributed by atoms with Gasteiger partial charge in [-0.1, -0.05) is 13.8 Å². The number of nitrogen functional groups attached to an aromatic ring is 1. The number of anilines is 1. The van der Waals surface area contributed by atoms with Crippen LogP contribution >= 0.6 is 0 Å². The first-order chi connectivity index (χ1) is 11.0. The molecule has 0 amide bonds. The van der Waals surface area contributed by atoms with Crippen molar-refractivity contribution in [2.75, 3.05) is 12.3 Å². The Labute approximate surface area is 136 Å². The molecule has 4 N–H and O–H groups in total. The summed E-state index contributed by atoms with van der Waals surface area (Å²) in [5, 5.41) is 0. The molecule has 0 fully saturated rings. The Morgan fingerprint density at radius 2 is 2.09 bits per heavy atom. The van der Waals surface area contributed by atoms with Gasteiger partial charge in [-0.3, -0.25) is 0 Å². The average Bonchev–Trinajstić information content (AvgIpc) is 2.51. The van der Waals surface area contributed by atoms with Gasteiger partial charge in [-0.25, -0.2) is 4.98 Å². The minimum atomic E-state index is 0.0403. The topological polar surface area (TPSA) is 83.4 Å². The summed E-state index contributed by atoms with van der Waals surface area (Å²) in [7, 11) is 0. The van der Waals surface area contributed by atoms with Gasteiger partial charge in [-0.05, 0) is 36.1 Å². The first-order valence-corrected chi connectivity index (χ1v) is 7.93. The summed E-state index contributed by atoms with van der Waals surface area (Å²) >= 11 is 0. The number of fused-ring (bicyclic) bond motifs is 3. The number of nitrogens with zero attached hydrogens (tertiary/aromatic N) is 1. The number of rotatable bonds is 5. The van der Waals surface area contributed by atoms with Crippen LogP contribution in [0.3, 0.4) is 0 Å². The van der Waals surface area contributed by atoms with Gasteiger partial charge in [0.1, 0.15) is 30.5 Å². The average molecular weight is 313 g/mol. The highest BCUT2D eigenvalue weighted by molar-refractivity contribution is 5.77. The SMILES string of the molecule is CC(C)CC(N)COc1ccc2c(c1)OCc1cnc(N)cc1-2. The van der Waals surface area contributed by atoms with Crippen LogP contribution in [0.2, 0.25) is 0 Å². The third kappa shape index (κ3) is 3.56. The fourth-order valence-electron chi connectivity index (χ4n) is 2.83. The molecule has 1 aromatic carbocycles. The zero-order valence-corrected chi connectivity index (χ0v) is 13.6. The minimum absolute atomic E-state index is 0.0403. The molecule has 5 heteroatoms. The molecule has 0 spiro atoms. The fraction of sp³-hybridized carbons (Fsp3) is 0.389. The lowest BCUT2D eigenvalue weighted by atomic mass is 9.98. The van der Waals surface area contributed by atoms with Crippen LogP contribution in [0.15, 0.2) is 30.5 Å². The molecule has 1 aromatic heterocycles. The fourth-order valence-corrected chi connectivity index (χ4v) is 2.83. The molecule has 5 nitrogen and oxygen atoms in total. The van der Waals surface area contributed by atoms with E-state index in [0.717, 1.165) is 34.6 Å². The smallest absolute Gasteiger partial charge is 0.131 e. The molecule has 1 aliphatic rings. The van der Waals surface area contributed by atoms with E-state index < -0.39 is 0 Å². The second-order valence-corrected chi connectivity index (χ2v) is 6.41. The summed E-state index contributed by atoms with van der Waals surface area (Å²) in [5.41, 5.74) is 15.0. The molecular weight excluding hydrogens is 290 g/mol. The van der Waals surface area contributed by atoms with Gasteiger partial charge < -0.3 is 20.9 Å². The Hall–Kier alpha value is -2.27. The monoisotopic (exact) mass is 313 g/mol. The number of benzene rings is 1. The predicted molar refractivity (Wildman–Crippen MR) is 91.3 cm³/mol. The molecule has 1 atom stereocenters. The van der Waals surface area contributed by atoms with Gasteiger partial charge in [0.05, 0.1) is 0 Å². The van der Waals surface area contributed by atoms with Crippen LogP contribution in [0.5, 0.6) is 11.5 Å². The van der Waals surface area contributed by atoms with Gasteiger partial charge >= 0.3 is 0 Å². The van der Waals surface area contributed by atoms with Crippen LogP contribution in [0.1, 0.15) is 25.8 Å². The van der Waals surface area contributed by atoms with Crippen molar-refractivity contribution >= 4 is 5.82 Å². The summed E-state index contributed by atoms with van der Waals surface area (Å²) in [4.78, 5) is 4.11. The standard InChI is InChI=1S/C18H23N3O2/c1-11(2)5-13(19)10-22-14-3-4-15-16-7-18(20)21-8-12(16)9-23-17(15)6-14/h3-4,6-8,11,13H,5,9-10,19H2,1-2H3,(H2,20,21). The van der Waals surface area contributed by atoms with E-state index in [2.05, 4.69) is 18.8 Å². The molecule has 23 heavy (non-hydrogen) atoms. The summed E-state index contributed by atoms with van der Waals surface area (Å²) in [5.74, 6) is 2.65. The van der Waals surface area contributed by atoms with Crippen molar-refractivity contribution in [3.8, 4) is 22.6 Å². The molecule has 0 bridgehead atoms. The van der Waals surface area contributed by atoms with Gasteiger partial charge in [-0.2, -0.15) is 0 Å². The van der Waals surface area contributed by atoms with Crippen molar-refractivity contribution in [1.29, 1.82) is 0 Å². The Morgan fingerprint density at radius 3 is 2.87 bits per heavy atom. The zero-order chi connectivity index (χ0) is 16.4. The molecule has 0 saturated carbocycles. The molecule has 0 saturated heterocycles. The Balaban J connectivity index is 1.76. The van der Waals surface area contributed by atoms with Crippen molar-refractivity contribution in [1.82, 2.24) is 4.98 Å². The van der Waals surface area contributed by atoms with Crippen LogP contribution in [-0.2, 0) is 6.61 Å². The van der Waals surface area contributed by atoms with Crippen molar-refractivity contribution in [2.24, 2.45) is 11.7 Å². The second-order valence-electron chi connectivity index (χ2n) is 6.41. The highest BCUT2D eigenvalue weighted by Crippen LogP contribution is 2.39. The van der Waals surface area contributed by atoms with Crippen LogP contribution < -0.4 is 20.9 Å². The highest BCUT2D eigenvalue weighted by Gasteiger charge is 2.19. The van der Waals surface area contributed by atoms with Gasteiger partial charge in [0, 0.05) is 29.4 Å². The lowest BCUT2D eigenvalue weighted by molar-refractivity contribution is 0.265. The first kappa shape index (κ1) is 15.6.